The van der Waals surface area contributed by atoms with Crippen LogP contribution in [0.4, 0.5) is 0 Å². The highest BCUT2D eigenvalue weighted by Gasteiger charge is 2.24. The summed E-state index contributed by atoms with van der Waals surface area (Å²) < 4.78 is 11.5. The molecule has 2 unspecified atom stereocenters. The highest BCUT2D eigenvalue weighted by Crippen LogP contribution is 2.38. The molecule has 0 amide bonds. The van der Waals surface area contributed by atoms with Crippen LogP contribution in [0.2, 0.25) is 5.02 Å². The second kappa shape index (κ2) is 7.19. The van der Waals surface area contributed by atoms with Crippen LogP contribution in [-0.4, -0.2) is 18.3 Å². The van der Waals surface area contributed by atoms with Gasteiger partial charge in [-0.1, -0.05) is 31.4 Å². The van der Waals surface area contributed by atoms with E-state index in [9.17, 15) is 5.11 Å². The highest BCUT2D eigenvalue weighted by molar-refractivity contribution is 6.30. The SMILES string of the molecule is CCC1CCCC(Oc2c(CO)cc(Cl)cc2OC)C1. The Hall–Kier alpha value is -0.930. The van der Waals surface area contributed by atoms with Crippen LogP contribution >= 0.6 is 11.6 Å². The van der Waals surface area contributed by atoms with Crippen LogP contribution in [-0.2, 0) is 6.61 Å². The van der Waals surface area contributed by atoms with E-state index in [1.54, 1.807) is 19.2 Å². The van der Waals surface area contributed by atoms with Gasteiger partial charge >= 0.3 is 0 Å². The first-order valence-corrected chi connectivity index (χ1v) is 7.69. The first-order valence-electron chi connectivity index (χ1n) is 7.31. The van der Waals surface area contributed by atoms with Crippen LogP contribution < -0.4 is 9.47 Å². The molecule has 0 heterocycles. The van der Waals surface area contributed by atoms with E-state index in [0.717, 1.165) is 18.8 Å². The van der Waals surface area contributed by atoms with Crippen molar-refractivity contribution >= 4 is 11.6 Å². The summed E-state index contributed by atoms with van der Waals surface area (Å²) in [4.78, 5) is 0. The molecule has 2 rings (SSSR count). The fourth-order valence-electron chi connectivity index (χ4n) is 2.91. The third-order valence-corrected chi connectivity index (χ3v) is 4.30. The summed E-state index contributed by atoms with van der Waals surface area (Å²) in [6.45, 7) is 2.13. The Morgan fingerprint density at radius 1 is 1.35 bits per heavy atom. The van der Waals surface area contributed by atoms with E-state index < -0.39 is 0 Å². The van der Waals surface area contributed by atoms with Gasteiger partial charge in [0.2, 0.25) is 0 Å². The predicted octanol–water partition coefficient (Wildman–Crippen LogP) is 4.19. The summed E-state index contributed by atoms with van der Waals surface area (Å²) in [7, 11) is 1.59. The summed E-state index contributed by atoms with van der Waals surface area (Å²) in [6.07, 6.45) is 6.04. The third kappa shape index (κ3) is 3.58. The van der Waals surface area contributed by atoms with Gasteiger partial charge in [-0.05, 0) is 31.2 Å². The van der Waals surface area contributed by atoms with E-state index in [4.69, 9.17) is 21.1 Å². The van der Waals surface area contributed by atoms with Crippen molar-refractivity contribution in [2.24, 2.45) is 5.92 Å². The zero-order valence-electron chi connectivity index (χ0n) is 12.2. The van der Waals surface area contributed by atoms with Crippen molar-refractivity contribution in [2.45, 2.75) is 51.7 Å². The lowest BCUT2D eigenvalue weighted by Crippen LogP contribution is -2.25. The average Bonchev–Trinajstić information content (AvgIpc) is 2.48. The maximum atomic E-state index is 9.50. The summed E-state index contributed by atoms with van der Waals surface area (Å²) in [6, 6.07) is 3.47. The lowest BCUT2D eigenvalue weighted by molar-refractivity contribution is 0.115. The molecule has 4 heteroatoms. The molecule has 1 aromatic rings. The molecule has 0 bridgehead atoms. The third-order valence-electron chi connectivity index (χ3n) is 4.08. The van der Waals surface area contributed by atoms with Gasteiger partial charge in [-0.2, -0.15) is 0 Å². The molecule has 1 aliphatic rings. The molecule has 0 aliphatic heterocycles. The number of hydrogen-bond donors (Lipinski definition) is 1. The van der Waals surface area contributed by atoms with Gasteiger partial charge in [0.1, 0.15) is 0 Å². The van der Waals surface area contributed by atoms with Crippen LogP contribution in [0.3, 0.4) is 0 Å². The molecule has 0 radical (unpaired) electrons. The Kier molecular flexibility index (Phi) is 5.55. The molecular weight excluding hydrogens is 276 g/mol. The minimum Gasteiger partial charge on any atom is -0.493 e. The Morgan fingerprint density at radius 3 is 2.80 bits per heavy atom. The average molecular weight is 299 g/mol. The van der Waals surface area contributed by atoms with E-state index >= 15 is 0 Å². The van der Waals surface area contributed by atoms with Crippen LogP contribution in [0.1, 0.15) is 44.6 Å². The summed E-state index contributed by atoms with van der Waals surface area (Å²) in [5.74, 6) is 1.98. The molecular formula is C16H23ClO3. The maximum Gasteiger partial charge on any atom is 0.167 e. The van der Waals surface area contributed by atoms with Crippen molar-refractivity contribution in [3.63, 3.8) is 0 Å². The molecule has 112 valence electrons. The van der Waals surface area contributed by atoms with Crippen LogP contribution in [0.25, 0.3) is 0 Å². The van der Waals surface area contributed by atoms with Crippen molar-refractivity contribution in [1.82, 2.24) is 0 Å². The zero-order valence-corrected chi connectivity index (χ0v) is 12.9. The minimum atomic E-state index is -0.101. The van der Waals surface area contributed by atoms with E-state index in [1.165, 1.54) is 19.3 Å². The van der Waals surface area contributed by atoms with Crippen LogP contribution in [0.5, 0.6) is 11.5 Å². The molecule has 0 saturated heterocycles. The molecule has 0 spiro atoms. The van der Waals surface area contributed by atoms with Crippen molar-refractivity contribution in [1.29, 1.82) is 0 Å². The molecule has 1 fully saturated rings. The normalized spacial score (nSPS) is 22.6. The molecule has 1 saturated carbocycles. The Morgan fingerprint density at radius 2 is 2.15 bits per heavy atom. The Bertz CT molecular complexity index is 422. The topological polar surface area (TPSA) is 38.7 Å². The van der Waals surface area contributed by atoms with Gasteiger partial charge < -0.3 is 14.6 Å². The highest BCUT2D eigenvalue weighted by atomic mass is 35.5. The first kappa shape index (κ1) is 15.5. The molecule has 2 atom stereocenters. The number of ether oxygens (including phenoxy) is 2. The standard InChI is InChI=1S/C16H23ClO3/c1-3-11-5-4-6-14(7-11)20-16-12(10-18)8-13(17)9-15(16)19-2/h8-9,11,14,18H,3-7,10H2,1-2H3. The van der Waals surface area contributed by atoms with Gasteiger partial charge in [-0.15, -0.1) is 0 Å². The second-order valence-corrected chi connectivity index (χ2v) is 5.87. The molecule has 20 heavy (non-hydrogen) atoms. The number of aliphatic hydroxyl groups excluding tert-OH is 1. The van der Waals surface area contributed by atoms with Crippen molar-refractivity contribution in [2.75, 3.05) is 7.11 Å². The fourth-order valence-corrected chi connectivity index (χ4v) is 3.14. The molecule has 1 aromatic carbocycles. The number of benzene rings is 1. The predicted molar refractivity (Wildman–Crippen MR) is 80.6 cm³/mol. The van der Waals surface area contributed by atoms with Crippen molar-refractivity contribution in [3.05, 3.63) is 22.7 Å². The van der Waals surface area contributed by atoms with Crippen molar-refractivity contribution in [3.8, 4) is 11.5 Å². The smallest absolute Gasteiger partial charge is 0.167 e. The van der Waals surface area contributed by atoms with Gasteiger partial charge in [0.25, 0.3) is 0 Å². The van der Waals surface area contributed by atoms with E-state index in [2.05, 4.69) is 6.92 Å². The first-order chi connectivity index (χ1) is 9.67. The minimum absolute atomic E-state index is 0.101. The number of rotatable bonds is 5. The van der Waals surface area contributed by atoms with Gasteiger partial charge in [-0.3, -0.25) is 0 Å². The number of halogens is 1. The summed E-state index contributed by atoms with van der Waals surface area (Å²) in [5, 5.41) is 10.0. The van der Waals surface area contributed by atoms with E-state index in [1.807, 2.05) is 0 Å². The fraction of sp³-hybridized carbons (Fsp3) is 0.625. The summed E-state index contributed by atoms with van der Waals surface area (Å²) >= 11 is 6.02. The molecule has 3 nitrogen and oxygen atoms in total. The number of aliphatic hydroxyl groups is 1. The maximum absolute atomic E-state index is 9.50. The molecule has 0 aromatic heterocycles. The molecule has 1 N–H and O–H groups in total. The molecule has 1 aliphatic carbocycles. The van der Waals surface area contributed by atoms with Crippen molar-refractivity contribution < 1.29 is 14.6 Å². The van der Waals surface area contributed by atoms with Crippen LogP contribution in [0, 0.1) is 5.92 Å². The van der Waals surface area contributed by atoms with Crippen LogP contribution in [0.15, 0.2) is 12.1 Å². The van der Waals surface area contributed by atoms with E-state index in [-0.39, 0.29) is 12.7 Å². The van der Waals surface area contributed by atoms with Gasteiger partial charge in [-0.25, -0.2) is 0 Å². The quantitative estimate of drug-likeness (QED) is 0.886. The monoisotopic (exact) mass is 298 g/mol. The Labute approximate surface area is 125 Å². The van der Waals surface area contributed by atoms with Gasteiger partial charge in [0, 0.05) is 16.7 Å². The van der Waals surface area contributed by atoms with E-state index in [0.29, 0.717) is 22.1 Å². The zero-order chi connectivity index (χ0) is 14.5. The summed E-state index contributed by atoms with van der Waals surface area (Å²) in [5.41, 5.74) is 0.688. The largest absolute Gasteiger partial charge is 0.493 e. The number of hydrogen-bond acceptors (Lipinski definition) is 3. The lowest BCUT2D eigenvalue weighted by atomic mass is 9.85. The second-order valence-electron chi connectivity index (χ2n) is 5.44. The Balaban J connectivity index is 2.19. The van der Waals surface area contributed by atoms with Gasteiger partial charge in [0.05, 0.1) is 19.8 Å². The van der Waals surface area contributed by atoms with Gasteiger partial charge in [0.15, 0.2) is 11.5 Å². The number of methoxy groups -OCH3 is 1. The lowest BCUT2D eigenvalue weighted by Gasteiger charge is -2.30.